The Kier molecular flexibility index (Phi) is 60.7. The van der Waals surface area contributed by atoms with Crippen molar-refractivity contribution < 1.29 is 224 Å². The molecular formula is C35H39BBr5CsNO14WY2-5. The minimum atomic E-state index is -1.36. The molecule has 1 atom stereocenters. The molecule has 2 aromatic rings. The second-order valence-electron chi connectivity index (χ2n) is 9.30. The van der Waals surface area contributed by atoms with Gasteiger partial charge in [-0.2, -0.15) is 60.7 Å². The normalized spacial score (nSPS) is 14.6. The smallest absolute Gasteiger partial charge is 0.662 e. The van der Waals surface area contributed by atoms with Crippen LogP contribution in [0.4, 0.5) is 0 Å². The number of halogens is 5. The van der Waals surface area contributed by atoms with E-state index < -0.39 is 19.4 Å². The number of benzene rings is 2. The number of nitrogens with two attached hydrogens (primary N) is 1. The Hall–Kier alpha value is 1.96. The molecule has 0 spiro atoms. The Labute approximate surface area is 517 Å². The minimum absolute atomic E-state index is 0. The van der Waals surface area contributed by atoms with Crippen molar-refractivity contribution >= 4 is 128 Å². The van der Waals surface area contributed by atoms with Gasteiger partial charge in [-0.1, -0.05) is 15.9 Å². The fourth-order valence-electron chi connectivity index (χ4n) is 3.23. The van der Waals surface area contributed by atoms with Crippen LogP contribution in [0, 0.1) is 34.4 Å². The molecule has 0 aromatic heterocycles. The van der Waals surface area contributed by atoms with Gasteiger partial charge in [-0.3, -0.25) is 4.79 Å². The van der Waals surface area contributed by atoms with Crippen LogP contribution in [0.2, 0.25) is 0 Å². The van der Waals surface area contributed by atoms with Crippen molar-refractivity contribution in [1.29, 1.82) is 0 Å². The van der Waals surface area contributed by atoms with Crippen LogP contribution in [0.1, 0.15) is 19.4 Å². The van der Waals surface area contributed by atoms with Crippen molar-refractivity contribution in [3.8, 4) is 0 Å². The number of hydrogen-bond donors (Lipinski definition) is 4. The number of carbonyl (C=O) groups excluding carboxylic acids is 5. The first-order valence-corrected chi connectivity index (χ1v) is 18.2. The molecule has 0 aliphatic carbocycles. The predicted octanol–water partition coefficient (Wildman–Crippen LogP) is 0.960. The number of carbonyl (C=O) groups is 5. The van der Waals surface area contributed by atoms with Gasteiger partial charge in [-0.05, 0) is 95.8 Å². The van der Waals surface area contributed by atoms with Gasteiger partial charge in [0.25, 0.3) is 6.47 Å². The summed E-state index contributed by atoms with van der Waals surface area (Å²) in [4.78, 5) is 53.9. The maximum Gasteiger partial charge on any atom is 1.00 e. The van der Waals surface area contributed by atoms with E-state index in [1.165, 1.54) is 7.05 Å². The van der Waals surface area contributed by atoms with Gasteiger partial charge in [0.2, 0.25) is 6.29 Å². The second kappa shape index (κ2) is 46.1. The molecule has 0 saturated heterocycles. The Morgan fingerprint density at radius 1 is 0.750 bits per heavy atom. The Morgan fingerprint density at radius 3 is 1.35 bits per heavy atom. The van der Waals surface area contributed by atoms with Gasteiger partial charge in [0, 0.05) is 92.1 Å². The summed E-state index contributed by atoms with van der Waals surface area (Å²) in [5, 5.41) is 34.3. The molecule has 4 heterocycles. The average molecular weight is 1600 g/mol. The molecule has 2 radical (unpaired) electrons. The molecule has 25 heteroatoms. The average Bonchev–Trinajstić information content (AvgIpc) is 3.84. The number of aliphatic hydroxyl groups excluding tert-OH is 1. The maximum atomic E-state index is 11.3. The SMILES string of the molecule is CC1=C(Br)C(=O)OC1.CC1=C(c2cc[c-]cc2)C(=O)OC1.CN.O=C1OC(O)C(Br)=C1Br.O=C1OCC(Br)=C1Br.O=CO[O-].OB(O)c1cc[c-]cc1.[CH3-].[CH3-].[CH3-].[Cs+].[W].[Y].[Y]. The third-order valence-corrected chi connectivity index (χ3v) is 10.7. The summed E-state index contributed by atoms with van der Waals surface area (Å²) >= 11 is 15.1. The zero-order chi connectivity index (χ0) is 40.7. The van der Waals surface area contributed by atoms with Crippen molar-refractivity contribution in [2.75, 3.05) is 26.9 Å². The molecule has 0 saturated carbocycles. The van der Waals surface area contributed by atoms with Gasteiger partial charge < -0.3 is 72.3 Å². The standard InChI is InChI=1S/C11H9O2.C6H6BO2.C5H5BrO2.C4H2Br2O3.C4H2Br2O2.CH5N.CH2O3.3CH3.Cs.W.2Y/c1-8-7-13-11(12)10(8)9-5-3-2-4-6-9;8-7(9)6-4-2-1-3-5-6;1-3-2-8-5(7)4(3)6;5-1-2(6)4(8)9-3(1)7;5-2-1-8-4(7)3(2)6;1-2;2-1-4-3;;;;;;;/h3-6H,7H2,1H3;2-5,8-9H;2H2,1H3;3,7H;1H2;2H2,1H3;1,3H;3*1H3;;;;/q2*-1;;;;;;3*-1;+1;;;/p-1. The molecule has 0 fully saturated rings. The van der Waals surface area contributed by atoms with Crippen LogP contribution in [-0.2, 0) is 134 Å². The van der Waals surface area contributed by atoms with Crippen molar-refractivity contribution in [2.45, 2.75) is 20.1 Å². The molecule has 324 valence electrons. The van der Waals surface area contributed by atoms with Gasteiger partial charge >= 0.3 is 99.9 Å². The van der Waals surface area contributed by atoms with Gasteiger partial charge in [0.15, 0.2) is 0 Å². The van der Waals surface area contributed by atoms with E-state index in [0.717, 1.165) is 21.2 Å². The number of ether oxygens (including phenoxy) is 4. The second-order valence-corrected chi connectivity index (χ2v) is 13.5. The fraction of sp³-hybridized carbons (Fsp3) is 0.200. The van der Waals surface area contributed by atoms with E-state index in [9.17, 15) is 19.2 Å². The molecule has 4 aliphatic rings. The van der Waals surface area contributed by atoms with E-state index in [1.807, 2.05) is 26.0 Å². The number of hydrogen-bond acceptors (Lipinski definition) is 15. The molecule has 6 rings (SSSR count). The molecule has 4 aliphatic heterocycles. The van der Waals surface area contributed by atoms with E-state index >= 15 is 0 Å². The minimum Gasteiger partial charge on any atom is -0.662 e. The zero-order valence-corrected chi connectivity index (χ0v) is 56.2. The molecule has 2 aromatic carbocycles. The molecule has 15 nitrogen and oxygen atoms in total. The van der Waals surface area contributed by atoms with E-state index in [0.29, 0.717) is 44.3 Å². The summed E-state index contributed by atoms with van der Waals surface area (Å²) in [6.45, 7) is 4.82. The van der Waals surface area contributed by atoms with Gasteiger partial charge in [-0.25, -0.2) is 19.2 Å². The maximum absolute atomic E-state index is 11.3. The van der Waals surface area contributed by atoms with Crippen LogP contribution in [-0.4, -0.2) is 85.8 Å². The van der Waals surface area contributed by atoms with Crippen LogP contribution >= 0.6 is 79.6 Å². The first-order chi connectivity index (χ1) is 25.1. The summed E-state index contributed by atoms with van der Waals surface area (Å²) in [5.41, 5.74) is 8.58. The summed E-state index contributed by atoms with van der Waals surface area (Å²) in [6, 6.07) is 19.5. The van der Waals surface area contributed by atoms with Crippen LogP contribution in [0.15, 0.2) is 82.1 Å². The number of aliphatic hydroxyl groups is 1. The summed E-state index contributed by atoms with van der Waals surface area (Å²) in [7, 11) is 0.139. The Bertz CT molecular complexity index is 1660. The Balaban J connectivity index is -0.0000000892. The van der Waals surface area contributed by atoms with Crippen molar-refractivity contribution in [1.82, 2.24) is 0 Å². The van der Waals surface area contributed by atoms with E-state index in [2.05, 4.69) is 117 Å². The van der Waals surface area contributed by atoms with Crippen molar-refractivity contribution in [3.63, 3.8) is 0 Å². The van der Waals surface area contributed by atoms with Crippen molar-refractivity contribution in [3.05, 3.63) is 122 Å². The quantitative estimate of drug-likeness (QED) is 0.0637. The summed E-state index contributed by atoms with van der Waals surface area (Å²) < 4.78 is 20.9. The summed E-state index contributed by atoms with van der Waals surface area (Å²) in [5.74, 6) is -1.31. The monoisotopic (exact) mass is 1600 g/mol. The topological polar surface area (TPSA) is 241 Å². The number of esters is 4. The zero-order valence-electron chi connectivity index (χ0n) is 33.3. The summed E-state index contributed by atoms with van der Waals surface area (Å²) in [6.07, 6.45) is -1.13. The fourth-order valence-corrected chi connectivity index (χ4v) is 4.51. The Morgan fingerprint density at radius 2 is 1.15 bits per heavy atom. The van der Waals surface area contributed by atoms with Gasteiger partial charge in [-0.15, -0.1) is 11.0 Å². The van der Waals surface area contributed by atoms with Crippen LogP contribution in [0.25, 0.3) is 5.57 Å². The largest absolute Gasteiger partial charge is 1.00 e. The molecule has 60 heavy (non-hydrogen) atoms. The molecule has 0 amide bonds. The van der Waals surface area contributed by atoms with E-state index in [-0.39, 0.29) is 207 Å². The third kappa shape index (κ3) is 31.0. The van der Waals surface area contributed by atoms with Crippen molar-refractivity contribution in [2.24, 2.45) is 5.73 Å². The third-order valence-electron chi connectivity index (χ3n) is 5.68. The molecular weight excluding hydrogens is 1560 g/mol. The van der Waals surface area contributed by atoms with Gasteiger partial charge in [0.05, 0.1) is 8.96 Å². The predicted molar refractivity (Wildman–Crippen MR) is 226 cm³/mol. The molecule has 1 unspecified atom stereocenters. The number of rotatable bonds is 3. The first-order valence-electron chi connectivity index (χ1n) is 14.2. The first kappa shape index (κ1) is 79.1. The van der Waals surface area contributed by atoms with Gasteiger partial charge in [0.1, 0.15) is 33.3 Å². The van der Waals surface area contributed by atoms with Crippen LogP contribution in [0.5, 0.6) is 0 Å². The molecule has 0 bridgehead atoms. The van der Waals surface area contributed by atoms with E-state index in [4.69, 9.17) is 29.9 Å². The van der Waals surface area contributed by atoms with Crippen LogP contribution < -0.4 is 85.3 Å². The van der Waals surface area contributed by atoms with E-state index in [1.54, 1.807) is 36.4 Å². The molecule has 5 N–H and O–H groups in total. The number of cyclic esters (lactones) is 4. The van der Waals surface area contributed by atoms with Crippen LogP contribution in [0.3, 0.4) is 0 Å².